The van der Waals surface area contributed by atoms with Crippen LogP contribution >= 0.6 is 11.3 Å². The van der Waals surface area contributed by atoms with Gasteiger partial charge in [-0.3, -0.25) is 9.69 Å². The molecule has 0 aliphatic rings. The van der Waals surface area contributed by atoms with E-state index in [1.165, 1.54) is 4.88 Å². The van der Waals surface area contributed by atoms with Crippen LogP contribution in [0.3, 0.4) is 0 Å². The molecule has 112 valence electrons. The molecule has 0 saturated carbocycles. The number of thiophene rings is 1. The summed E-state index contributed by atoms with van der Waals surface area (Å²) in [5.41, 5.74) is 0.669. The molecule has 0 fully saturated rings. The maximum Gasteiger partial charge on any atom is 0.180 e. The average molecular weight is 303 g/mol. The van der Waals surface area contributed by atoms with Gasteiger partial charge in [0, 0.05) is 11.4 Å². The van der Waals surface area contributed by atoms with Crippen LogP contribution in [-0.2, 0) is 6.42 Å². The van der Waals surface area contributed by atoms with Gasteiger partial charge in [-0.25, -0.2) is 0 Å². The third-order valence-corrected chi connectivity index (χ3v) is 4.16. The first-order chi connectivity index (χ1) is 10.2. The zero-order valence-electron chi connectivity index (χ0n) is 12.5. The number of likely N-dealkylation sites (N-methyl/N-ethyl adjacent to an activating group) is 1. The number of para-hydroxylation sites is 1. The molecular formula is C17H21NO2S. The Morgan fingerprint density at radius 2 is 2.05 bits per heavy atom. The molecule has 0 N–H and O–H groups in total. The monoisotopic (exact) mass is 303 g/mol. The van der Waals surface area contributed by atoms with Crippen LogP contribution in [0.5, 0.6) is 5.75 Å². The lowest BCUT2D eigenvalue weighted by Crippen LogP contribution is -2.28. The molecule has 1 aromatic heterocycles. The van der Waals surface area contributed by atoms with Crippen LogP contribution in [-0.4, -0.2) is 37.4 Å². The summed E-state index contributed by atoms with van der Waals surface area (Å²) in [5.74, 6) is 0.782. The smallest absolute Gasteiger partial charge is 0.180 e. The minimum absolute atomic E-state index is 0.104. The van der Waals surface area contributed by atoms with Crippen molar-refractivity contribution >= 4 is 17.1 Å². The number of Topliss-reactive ketones (excluding diaryl/α,β-unsaturated/α-hetero) is 1. The summed E-state index contributed by atoms with van der Waals surface area (Å²) in [4.78, 5) is 15.8. The predicted molar refractivity (Wildman–Crippen MR) is 87.5 cm³/mol. The molecular weight excluding hydrogens is 282 g/mol. The van der Waals surface area contributed by atoms with Crippen molar-refractivity contribution < 1.29 is 9.53 Å². The van der Waals surface area contributed by atoms with Crippen molar-refractivity contribution in [3.8, 4) is 5.75 Å². The highest BCUT2D eigenvalue weighted by atomic mass is 32.1. The second kappa shape index (κ2) is 7.96. The van der Waals surface area contributed by atoms with Crippen LogP contribution in [0.1, 0.15) is 22.2 Å². The van der Waals surface area contributed by atoms with Crippen molar-refractivity contribution in [2.24, 2.45) is 0 Å². The molecule has 0 unspecified atom stereocenters. The van der Waals surface area contributed by atoms with Crippen LogP contribution < -0.4 is 4.74 Å². The highest BCUT2D eigenvalue weighted by Gasteiger charge is 2.14. The van der Waals surface area contributed by atoms with Crippen molar-refractivity contribution in [1.82, 2.24) is 4.90 Å². The minimum Gasteiger partial charge on any atom is -0.493 e. The topological polar surface area (TPSA) is 29.5 Å². The van der Waals surface area contributed by atoms with Gasteiger partial charge in [-0.2, -0.15) is 0 Å². The summed E-state index contributed by atoms with van der Waals surface area (Å²) in [6.07, 6.45) is 0.981. The van der Waals surface area contributed by atoms with Gasteiger partial charge in [-0.05, 0) is 44.0 Å². The van der Waals surface area contributed by atoms with Crippen molar-refractivity contribution in [3.05, 3.63) is 52.2 Å². The number of carbonyl (C=O) groups excluding carboxylic acids is 1. The summed E-state index contributed by atoms with van der Waals surface area (Å²) >= 11 is 1.76. The predicted octanol–water partition coefficient (Wildman–Crippen LogP) is 3.50. The van der Waals surface area contributed by atoms with Crippen LogP contribution in [0.25, 0.3) is 0 Å². The summed E-state index contributed by atoms with van der Waals surface area (Å²) in [6.45, 7) is 3.78. The van der Waals surface area contributed by atoms with Gasteiger partial charge in [0.05, 0.1) is 18.7 Å². The quantitative estimate of drug-likeness (QED) is 0.699. The third-order valence-electron chi connectivity index (χ3n) is 3.22. The van der Waals surface area contributed by atoms with Gasteiger partial charge < -0.3 is 4.74 Å². The average Bonchev–Trinajstić information content (AvgIpc) is 2.99. The maximum absolute atomic E-state index is 12.4. The van der Waals surface area contributed by atoms with E-state index in [2.05, 4.69) is 22.4 Å². The number of hydrogen-bond donors (Lipinski definition) is 0. The van der Waals surface area contributed by atoms with Gasteiger partial charge in [-0.1, -0.05) is 18.2 Å². The Kier molecular flexibility index (Phi) is 5.96. The highest BCUT2D eigenvalue weighted by Crippen LogP contribution is 2.19. The molecule has 0 bridgehead atoms. The summed E-state index contributed by atoms with van der Waals surface area (Å²) < 4.78 is 5.52. The Morgan fingerprint density at radius 1 is 1.24 bits per heavy atom. The zero-order chi connectivity index (χ0) is 15.1. The summed E-state index contributed by atoms with van der Waals surface area (Å²) in [7, 11) is 1.98. The van der Waals surface area contributed by atoms with Crippen LogP contribution in [0, 0.1) is 0 Å². The number of hydrogen-bond acceptors (Lipinski definition) is 4. The number of rotatable bonds is 8. The van der Waals surface area contributed by atoms with Crippen molar-refractivity contribution in [2.75, 3.05) is 26.7 Å². The SMILES string of the molecule is CCOc1ccccc1C(=O)CN(C)CCc1cccs1. The lowest BCUT2D eigenvalue weighted by molar-refractivity contribution is 0.0943. The van der Waals surface area contributed by atoms with E-state index in [9.17, 15) is 4.79 Å². The van der Waals surface area contributed by atoms with E-state index in [0.717, 1.165) is 13.0 Å². The Bertz CT molecular complexity index is 566. The van der Waals surface area contributed by atoms with Crippen LogP contribution in [0.4, 0.5) is 0 Å². The molecule has 0 saturated heterocycles. The van der Waals surface area contributed by atoms with E-state index in [1.54, 1.807) is 11.3 Å². The molecule has 0 radical (unpaired) electrons. The van der Waals surface area contributed by atoms with Crippen LogP contribution in [0.15, 0.2) is 41.8 Å². The highest BCUT2D eigenvalue weighted by molar-refractivity contribution is 7.09. The molecule has 0 atom stereocenters. The van der Waals surface area contributed by atoms with Crippen molar-refractivity contribution in [1.29, 1.82) is 0 Å². The first-order valence-corrected chi connectivity index (χ1v) is 8.04. The Morgan fingerprint density at radius 3 is 2.76 bits per heavy atom. The second-order valence-electron chi connectivity index (χ2n) is 4.92. The fraction of sp³-hybridized carbons (Fsp3) is 0.353. The molecule has 3 nitrogen and oxygen atoms in total. The van der Waals surface area contributed by atoms with E-state index < -0.39 is 0 Å². The van der Waals surface area contributed by atoms with Gasteiger partial charge >= 0.3 is 0 Å². The van der Waals surface area contributed by atoms with E-state index in [0.29, 0.717) is 24.5 Å². The normalized spacial score (nSPS) is 10.8. The standard InChI is InChI=1S/C17H21NO2S/c1-3-20-17-9-5-4-8-15(17)16(19)13-18(2)11-10-14-7-6-12-21-14/h4-9,12H,3,10-11,13H2,1-2H3. The van der Waals surface area contributed by atoms with E-state index in [1.807, 2.05) is 38.2 Å². The second-order valence-corrected chi connectivity index (χ2v) is 5.95. The zero-order valence-corrected chi connectivity index (χ0v) is 13.4. The maximum atomic E-state index is 12.4. The molecule has 0 spiro atoms. The van der Waals surface area contributed by atoms with Gasteiger partial charge in [0.15, 0.2) is 5.78 Å². The first kappa shape index (κ1) is 15.7. The number of nitrogens with zero attached hydrogens (tertiary/aromatic N) is 1. The summed E-state index contributed by atoms with van der Waals surface area (Å²) in [6, 6.07) is 11.6. The molecule has 1 aromatic carbocycles. The number of ketones is 1. The molecule has 2 rings (SSSR count). The minimum atomic E-state index is 0.104. The molecule has 1 heterocycles. The first-order valence-electron chi connectivity index (χ1n) is 7.16. The number of carbonyl (C=O) groups is 1. The number of benzene rings is 1. The fourth-order valence-corrected chi connectivity index (χ4v) is 2.84. The van der Waals surface area contributed by atoms with E-state index in [4.69, 9.17) is 4.74 Å². The van der Waals surface area contributed by atoms with Crippen LogP contribution in [0.2, 0.25) is 0 Å². The van der Waals surface area contributed by atoms with Crippen molar-refractivity contribution in [3.63, 3.8) is 0 Å². The molecule has 4 heteroatoms. The van der Waals surface area contributed by atoms with E-state index in [-0.39, 0.29) is 5.78 Å². The fourth-order valence-electron chi connectivity index (χ4n) is 2.14. The third kappa shape index (κ3) is 4.69. The molecule has 21 heavy (non-hydrogen) atoms. The Labute approximate surface area is 130 Å². The molecule has 0 amide bonds. The summed E-state index contributed by atoms with van der Waals surface area (Å²) in [5, 5.41) is 2.08. The Balaban J connectivity index is 1.91. The van der Waals surface area contributed by atoms with Crippen molar-refractivity contribution in [2.45, 2.75) is 13.3 Å². The Hall–Kier alpha value is -1.65. The number of ether oxygens (including phenoxy) is 1. The van der Waals surface area contributed by atoms with E-state index >= 15 is 0 Å². The lowest BCUT2D eigenvalue weighted by atomic mass is 10.1. The molecule has 2 aromatic rings. The van der Waals surface area contributed by atoms with Gasteiger partial charge in [0.1, 0.15) is 5.75 Å². The molecule has 0 aliphatic heterocycles. The van der Waals surface area contributed by atoms with Gasteiger partial charge in [0.25, 0.3) is 0 Å². The molecule has 0 aliphatic carbocycles. The van der Waals surface area contributed by atoms with Gasteiger partial charge in [0.2, 0.25) is 0 Å². The lowest BCUT2D eigenvalue weighted by Gasteiger charge is -2.16. The largest absolute Gasteiger partial charge is 0.493 e. The van der Waals surface area contributed by atoms with Gasteiger partial charge in [-0.15, -0.1) is 11.3 Å².